The van der Waals surface area contributed by atoms with Crippen molar-refractivity contribution >= 4 is 28.6 Å². The number of fused-ring (bicyclic) bond motifs is 1. The fraction of sp³-hybridized carbons (Fsp3) is 0.0909. The van der Waals surface area contributed by atoms with E-state index in [0.29, 0.717) is 16.6 Å². The molecular formula is C22H16F2N4O2S. The van der Waals surface area contributed by atoms with Gasteiger partial charge in [0, 0.05) is 4.90 Å². The number of pyridine rings is 1. The van der Waals surface area contributed by atoms with Crippen molar-refractivity contribution < 1.29 is 13.6 Å². The van der Waals surface area contributed by atoms with Crippen LogP contribution in [0, 0.1) is 11.6 Å². The van der Waals surface area contributed by atoms with Gasteiger partial charge < -0.3 is 10.3 Å². The maximum atomic E-state index is 13.9. The summed E-state index contributed by atoms with van der Waals surface area (Å²) in [5, 5.41) is 3.03. The summed E-state index contributed by atoms with van der Waals surface area (Å²) in [5.41, 5.74) is 1.01. The van der Waals surface area contributed by atoms with E-state index >= 15 is 0 Å². The molecule has 9 heteroatoms. The summed E-state index contributed by atoms with van der Waals surface area (Å²) in [6.07, 6.45) is 4.50. The molecule has 2 aromatic carbocycles. The lowest BCUT2D eigenvalue weighted by molar-refractivity contribution is 0.0938. The van der Waals surface area contributed by atoms with Crippen molar-refractivity contribution in [2.24, 2.45) is 0 Å². The Labute approximate surface area is 179 Å². The molecule has 0 aliphatic carbocycles. The molecule has 0 fully saturated rings. The number of hydrogen-bond donors (Lipinski definition) is 2. The zero-order chi connectivity index (χ0) is 22.0. The topological polar surface area (TPSA) is 87.7 Å². The van der Waals surface area contributed by atoms with Gasteiger partial charge in [0.15, 0.2) is 11.6 Å². The van der Waals surface area contributed by atoms with Gasteiger partial charge in [-0.1, -0.05) is 18.2 Å². The molecule has 4 aromatic rings. The quantitative estimate of drug-likeness (QED) is 0.463. The number of benzene rings is 2. The maximum absolute atomic E-state index is 13.9. The van der Waals surface area contributed by atoms with Crippen molar-refractivity contribution in [2.75, 3.05) is 6.26 Å². The number of carbonyl (C=O) groups excluding carboxylic acids is 1. The Morgan fingerprint density at radius 1 is 1.06 bits per heavy atom. The molecule has 31 heavy (non-hydrogen) atoms. The van der Waals surface area contributed by atoms with Gasteiger partial charge in [-0.25, -0.2) is 18.7 Å². The first-order valence-corrected chi connectivity index (χ1v) is 10.4. The lowest BCUT2D eigenvalue weighted by Crippen LogP contribution is -2.30. The Kier molecular flexibility index (Phi) is 5.77. The molecule has 2 heterocycles. The molecule has 0 saturated carbocycles. The molecule has 0 aliphatic rings. The van der Waals surface area contributed by atoms with E-state index in [4.69, 9.17) is 0 Å². The van der Waals surface area contributed by atoms with Gasteiger partial charge in [0.1, 0.15) is 5.69 Å². The highest BCUT2D eigenvalue weighted by Gasteiger charge is 2.21. The van der Waals surface area contributed by atoms with Gasteiger partial charge in [0.25, 0.3) is 11.5 Å². The Morgan fingerprint density at radius 3 is 2.65 bits per heavy atom. The third-order valence-corrected chi connectivity index (χ3v) is 5.46. The van der Waals surface area contributed by atoms with Crippen LogP contribution in [0.25, 0.3) is 10.9 Å². The fourth-order valence-corrected chi connectivity index (χ4v) is 3.64. The Hall–Kier alpha value is -3.59. The minimum Gasteiger partial charge on any atom is -0.340 e. The number of nitrogens with one attached hydrogen (secondary N) is 2. The van der Waals surface area contributed by atoms with E-state index in [1.54, 1.807) is 6.07 Å². The minimum atomic E-state index is -1.01. The van der Waals surface area contributed by atoms with Crippen molar-refractivity contribution in [1.82, 2.24) is 20.3 Å². The van der Waals surface area contributed by atoms with Crippen LogP contribution in [-0.4, -0.2) is 27.1 Å². The van der Waals surface area contributed by atoms with Crippen molar-refractivity contribution in [3.63, 3.8) is 0 Å². The number of amides is 1. The van der Waals surface area contributed by atoms with E-state index < -0.39 is 29.1 Å². The van der Waals surface area contributed by atoms with Crippen LogP contribution in [0.4, 0.5) is 8.78 Å². The highest BCUT2D eigenvalue weighted by atomic mass is 32.2. The summed E-state index contributed by atoms with van der Waals surface area (Å²) in [7, 11) is 0. The van der Waals surface area contributed by atoms with Crippen LogP contribution in [0.2, 0.25) is 0 Å². The first-order chi connectivity index (χ1) is 15.0. The maximum Gasteiger partial charge on any atom is 0.270 e. The standard InChI is InChI=1S/C22H16F2N4O2S/c1-31-14-4-2-3-12(7-14)20(13-5-6-16(23)17(24)8-13)28-22(30)18-9-15-19(10-25-18)26-11-27-21(15)29/h2-11,20H,1H3,(H,28,30)(H,26,27,29). The Bertz CT molecular complexity index is 1340. The van der Waals surface area contributed by atoms with Crippen LogP contribution < -0.4 is 10.9 Å². The van der Waals surface area contributed by atoms with Crippen molar-refractivity contribution in [1.29, 1.82) is 0 Å². The highest BCUT2D eigenvalue weighted by Crippen LogP contribution is 2.27. The van der Waals surface area contributed by atoms with Crippen LogP contribution in [0.3, 0.4) is 0 Å². The van der Waals surface area contributed by atoms with Gasteiger partial charge in [0.2, 0.25) is 0 Å². The van der Waals surface area contributed by atoms with Crippen LogP contribution in [0.15, 0.2) is 70.7 Å². The second-order valence-corrected chi connectivity index (χ2v) is 7.55. The average Bonchev–Trinajstić information content (AvgIpc) is 2.79. The molecule has 6 nitrogen and oxygen atoms in total. The summed E-state index contributed by atoms with van der Waals surface area (Å²) in [4.78, 5) is 36.5. The summed E-state index contributed by atoms with van der Waals surface area (Å²) in [6, 6.07) is 11.4. The third kappa shape index (κ3) is 4.31. The minimum absolute atomic E-state index is 0.000366. The van der Waals surface area contributed by atoms with E-state index in [2.05, 4.69) is 20.3 Å². The molecule has 2 aromatic heterocycles. The van der Waals surface area contributed by atoms with Crippen LogP contribution in [0.5, 0.6) is 0 Å². The predicted molar refractivity (Wildman–Crippen MR) is 114 cm³/mol. The lowest BCUT2D eigenvalue weighted by Gasteiger charge is -2.20. The molecular weight excluding hydrogens is 422 g/mol. The molecule has 0 radical (unpaired) electrons. The molecule has 4 rings (SSSR count). The highest BCUT2D eigenvalue weighted by molar-refractivity contribution is 7.98. The molecule has 0 saturated heterocycles. The second-order valence-electron chi connectivity index (χ2n) is 6.67. The number of thioether (sulfide) groups is 1. The Balaban J connectivity index is 1.74. The molecule has 1 unspecified atom stereocenters. The average molecular weight is 438 g/mol. The molecule has 156 valence electrons. The van der Waals surface area contributed by atoms with E-state index in [0.717, 1.165) is 17.0 Å². The molecule has 0 spiro atoms. The normalized spacial score (nSPS) is 12.0. The number of halogens is 2. The second kappa shape index (κ2) is 8.65. The number of nitrogens with zero attached hydrogens (tertiary/aromatic N) is 2. The van der Waals surface area contributed by atoms with E-state index in [-0.39, 0.29) is 11.1 Å². The number of rotatable bonds is 5. The van der Waals surface area contributed by atoms with Crippen LogP contribution in [0.1, 0.15) is 27.7 Å². The smallest absolute Gasteiger partial charge is 0.270 e. The first kappa shape index (κ1) is 20.7. The fourth-order valence-electron chi connectivity index (χ4n) is 3.17. The lowest BCUT2D eigenvalue weighted by atomic mass is 9.98. The van der Waals surface area contributed by atoms with Gasteiger partial charge in [-0.15, -0.1) is 11.8 Å². The molecule has 0 bridgehead atoms. The van der Waals surface area contributed by atoms with Gasteiger partial charge in [0.05, 0.1) is 29.5 Å². The Morgan fingerprint density at radius 2 is 1.87 bits per heavy atom. The summed E-state index contributed by atoms with van der Waals surface area (Å²) < 4.78 is 27.4. The van der Waals surface area contributed by atoms with E-state index in [1.165, 1.54) is 36.4 Å². The third-order valence-electron chi connectivity index (χ3n) is 4.74. The molecule has 2 N–H and O–H groups in total. The van der Waals surface area contributed by atoms with Crippen molar-refractivity contribution in [3.8, 4) is 0 Å². The van der Waals surface area contributed by atoms with Gasteiger partial charge >= 0.3 is 0 Å². The predicted octanol–water partition coefficient (Wildman–Crippen LogP) is 3.84. The number of aromatic amines is 1. The summed E-state index contributed by atoms with van der Waals surface area (Å²) >= 11 is 1.52. The summed E-state index contributed by atoms with van der Waals surface area (Å²) in [5.74, 6) is -2.57. The monoisotopic (exact) mass is 438 g/mol. The van der Waals surface area contributed by atoms with Crippen molar-refractivity contribution in [2.45, 2.75) is 10.9 Å². The number of carbonyl (C=O) groups is 1. The van der Waals surface area contributed by atoms with Gasteiger partial charge in [-0.3, -0.25) is 9.59 Å². The number of hydrogen-bond acceptors (Lipinski definition) is 5. The molecule has 1 atom stereocenters. The van der Waals surface area contributed by atoms with Crippen molar-refractivity contribution in [3.05, 3.63) is 99.9 Å². The van der Waals surface area contributed by atoms with E-state index in [9.17, 15) is 18.4 Å². The molecule has 1 amide bonds. The number of H-pyrrole nitrogens is 1. The number of aromatic nitrogens is 3. The van der Waals surface area contributed by atoms with Crippen LogP contribution in [-0.2, 0) is 0 Å². The molecule has 0 aliphatic heterocycles. The summed E-state index contributed by atoms with van der Waals surface area (Å²) in [6.45, 7) is 0. The van der Waals surface area contributed by atoms with Gasteiger partial charge in [-0.05, 0) is 47.7 Å². The SMILES string of the molecule is CSc1cccc(C(NC(=O)c2cc3c(=O)[nH]cnc3cn2)c2ccc(F)c(F)c2)c1. The largest absolute Gasteiger partial charge is 0.340 e. The van der Waals surface area contributed by atoms with Crippen LogP contribution >= 0.6 is 11.8 Å². The zero-order valence-corrected chi connectivity index (χ0v) is 17.0. The van der Waals surface area contributed by atoms with E-state index in [1.807, 2.05) is 24.5 Å². The van der Waals surface area contributed by atoms with Gasteiger partial charge in [-0.2, -0.15) is 0 Å². The zero-order valence-electron chi connectivity index (χ0n) is 16.2. The first-order valence-electron chi connectivity index (χ1n) is 9.19.